The molecule has 30 heavy (non-hydrogen) atoms. The second-order valence-electron chi connectivity index (χ2n) is 9.26. The van der Waals surface area contributed by atoms with Gasteiger partial charge in [-0.3, -0.25) is 9.80 Å². The van der Waals surface area contributed by atoms with Crippen molar-refractivity contribution in [2.75, 3.05) is 39.3 Å². The van der Waals surface area contributed by atoms with E-state index in [2.05, 4.69) is 45.4 Å². The minimum Gasteiger partial charge on any atom is -0.493 e. The maximum Gasteiger partial charge on any atom is 0.124 e. The van der Waals surface area contributed by atoms with Crippen molar-refractivity contribution < 1.29 is 9.26 Å². The molecular formula is C24H34N4O2. The number of ether oxygens (including phenoxy) is 1. The Morgan fingerprint density at radius 2 is 2.07 bits per heavy atom. The first-order valence-corrected chi connectivity index (χ1v) is 11.6. The van der Waals surface area contributed by atoms with Crippen molar-refractivity contribution in [2.45, 2.75) is 51.2 Å². The van der Waals surface area contributed by atoms with Crippen molar-refractivity contribution in [3.8, 4) is 5.75 Å². The lowest BCUT2D eigenvalue weighted by atomic mass is 9.87. The average molecular weight is 411 g/mol. The molecule has 0 saturated carbocycles. The second kappa shape index (κ2) is 9.08. The summed E-state index contributed by atoms with van der Waals surface area (Å²) in [6, 6.07) is 9.53. The van der Waals surface area contributed by atoms with E-state index in [-0.39, 0.29) is 6.04 Å². The average Bonchev–Trinajstić information content (AvgIpc) is 3.48. The Bertz CT molecular complexity index is 819. The molecule has 3 atom stereocenters. The molecule has 3 fully saturated rings. The van der Waals surface area contributed by atoms with E-state index in [1.165, 1.54) is 49.9 Å². The van der Waals surface area contributed by atoms with Gasteiger partial charge in [-0.15, -0.1) is 0 Å². The Morgan fingerprint density at radius 3 is 2.90 bits per heavy atom. The molecule has 3 aliphatic heterocycles. The third-order valence-electron chi connectivity index (χ3n) is 7.09. The number of piperazine rings is 1. The summed E-state index contributed by atoms with van der Waals surface area (Å²) < 4.78 is 11.5. The normalized spacial score (nSPS) is 27.8. The van der Waals surface area contributed by atoms with Crippen LogP contribution in [-0.2, 0) is 6.54 Å². The molecule has 3 aliphatic rings. The van der Waals surface area contributed by atoms with Crippen LogP contribution in [0, 0.1) is 12.8 Å². The number of nitrogens with zero attached hydrogens (tertiary/aromatic N) is 3. The maximum atomic E-state index is 6.37. The van der Waals surface area contributed by atoms with Gasteiger partial charge < -0.3 is 14.6 Å². The van der Waals surface area contributed by atoms with Crippen LogP contribution in [0.2, 0.25) is 0 Å². The number of hydrogen-bond acceptors (Lipinski definition) is 6. The molecule has 1 aromatic carbocycles. The number of fused-ring (bicyclic) bond motifs is 1. The highest BCUT2D eigenvalue weighted by atomic mass is 16.5. The highest BCUT2D eigenvalue weighted by molar-refractivity contribution is 5.36. The molecule has 0 spiro atoms. The largest absolute Gasteiger partial charge is 0.493 e. The number of piperidine rings is 1. The summed E-state index contributed by atoms with van der Waals surface area (Å²) in [4.78, 5) is 5.18. The van der Waals surface area contributed by atoms with Crippen molar-refractivity contribution >= 4 is 0 Å². The van der Waals surface area contributed by atoms with Gasteiger partial charge in [-0.1, -0.05) is 17.3 Å². The summed E-state index contributed by atoms with van der Waals surface area (Å²) in [5.74, 6) is 1.65. The minimum atomic E-state index is 0.281. The van der Waals surface area contributed by atoms with Gasteiger partial charge in [0.2, 0.25) is 0 Å². The van der Waals surface area contributed by atoms with Gasteiger partial charge >= 0.3 is 0 Å². The minimum absolute atomic E-state index is 0.281. The molecule has 4 heterocycles. The predicted molar refractivity (Wildman–Crippen MR) is 117 cm³/mol. The van der Waals surface area contributed by atoms with Crippen molar-refractivity contribution in [3.63, 3.8) is 0 Å². The van der Waals surface area contributed by atoms with Crippen molar-refractivity contribution in [2.24, 2.45) is 5.92 Å². The van der Waals surface area contributed by atoms with Crippen molar-refractivity contribution in [1.29, 1.82) is 0 Å². The number of hydrogen-bond donors (Lipinski definition) is 1. The molecule has 2 aromatic rings. The Hall–Kier alpha value is -1.89. The van der Waals surface area contributed by atoms with Crippen LogP contribution >= 0.6 is 0 Å². The highest BCUT2D eigenvalue weighted by Crippen LogP contribution is 2.33. The Kier molecular flexibility index (Phi) is 6.07. The van der Waals surface area contributed by atoms with Gasteiger partial charge in [0.05, 0.1) is 12.6 Å². The van der Waals surface area contributed by atoms with Gasteiger partial charge in [0.25, 0.3) is 0 Å². The molecule has 5 rings (SSSR count). The van der Waals surface area contributed by atoms with Gasteiger partial charge in [0.15, 0.2) is 0 Å². The molecule has 1 N–H and O–H groups in total. The Balaban J connectivity index is 1.18. The Morgan fingerprint density at radius 1 is 1.17 bits per heavy atom. The molecule has 6 nitrogen and oxygen atoms in total. The van der Waals surface area contributed by atoms with Gasteiger partial charge in [-0.05, 0) is 62.9 Å². The summed E-state index contributed by atoms with van der Waals surface area (Å²) >= 11 is 0. The molecular weight excluding hydrogens is 376 g/mol. The van der Waals surface area contributed by atoms with E-state index < -0.39 is 0 Å². The van der Waals surface area contributed by atoms with Gasteiger partial charge in [0, 0.05) is 44.2 Å². The van der Waals surface area contributed by atoms with Crippen LogP contribution in [0.3, 0.4) is 0 Å². The lowest BCUT2D eigenvalue weighted by Gasteiger charge is -2.46. The third kappa shape index (κ3) is 4.41. The summed E-state index contributed by atoms with van der Waals surface area (Å²) in [7, 11) is 0. The number of benzene rings is 1. The molecule has 0 bridgehead atoms. The standard InChI is InChI=1S/C24H34N4O2/c1-18-4-5-19(15-27-10-2-3-11-27)14-23(18)29-17-20-6-7-22-24(21-8-13-30-26-21)25-9-12-28(22)16-20/h4-5,8,13-14,20,22,24-25H,2-3,6-7,9-12,15-17H2,1H3. The van der Waals surface area contributed by atoms with Crippen LogP contribution in [0.4, 0.5) is 0 Å². The van der Waals surface area contributed by atoms with Crippen LogP contribution in [0.25, 0.3) is 0 Å². The van der Waals surface area contributed by atoms with Crippen molar-refractivity contribution in [1.82, 2.24) is 20.3 Å². The monoisotopic (exact) mass is 410 g/mol. The number of aromatic nitrogens is 1. The zero-order chi connectivity index (χ0) is 20.3. The molecule has 0 amide bonds. The van der Waals surface area contributed by atoms with Gasteiger partial charge in [-0.25, -0.2) is 0 Å². The van der Waals surface area contributed by atoms with E-state index in [4.69, 9.17) is 9.26 Å². The number of nitrogens with one attached hydrogen (secondary N) is 1. The molecule has 162 valence electrons. The third-order valence-corrected chi connectivity index (χ3v) is 7.09. The fraction of sp³-hybridized carbons (Fsp3) is 0.625. The first-order chi connectivity index (χ1) is 14.8. The van der Waals surface area contributed by atoms with Gasteiger partial charge in [-0.2, -0.15) is 0 Å². The van der Waals surface area contributed by atoms with E-state index in [9.17, 15) is 0 Å². The van der Waals surface area contributed by atoms with Crippen molar-refractivity contribution in [3.05, 3.63) is 47.3 Å². The first kappa shape index (κ1) is 20.0. The zero-order valence-electron chi connectivity index (χ0n) is 18.1. The number of rotatable bonds is 6. The summed E-state index contributed by atoms with van der Waals surface area (Å²) in [6.45, 7) is 9.67. The topological polar surface area (TPSA) is 53.8 Å². The molecule has 3 saturated heterocycles. The first-order valence-electron chi connectivity index (χ1n) is 11.6. The van der Waals surface area contributed by atoms with Crippen LogP contribution in [0.15, 0.2) is 35.1 Å². The molecule has 3 unspecified atom stereocenters. The predicted octanol–water partition coefficient (Wildman–Crippen LogP) is 3.38. The fourth-order valence-corrected chi connectivity index (χ4v) is 5.41. The molecule has 0 aliphatic carbocycles. The SMILES string of the molecule is Cc1ccc(CN2CCCC2)cc1OCC1CCC2C(c3ccon3)NCCN2C1. The zero-order valence-corrected chi connectivity index (χ0v) is 18.1. The van der Waals surface area contributed by atoms with E-state index in [0.717, 1.165) is 44.2 Å². The van der Waals surface area contributed by atoms with E-state index in [1.54, 1.807) is 6.26 Å². The van der Waals surface area contributed by atoms with Crippen LogP contribution < -0.4 is 10.1 Å². The lowest BCUT2D eigenvalue weighted by Crippen LogP contribution is -2.57. The fourth-order valence-electron chi connectivity index (χ4n) is 5.41. The highest BCUT2D eigenvalue weighted by Gasteiger charge is 2.38. The van der Waals surface area contributed by atoms with E-state index in [1.807, 2.05) is 6.07 Å². The van der Waals surface area contributed by atoms with E-state index >= 15 is 0 Å². The van der Waals surface area contributed by atoms with Crippen LogP contribution in [0.5, 0.6) is 5.75 Å². The Labute approximate surface area is 179 Å². The van der Waals surface area contributed by atoms with Crippen LogP contribution in [0.1, 0.15) is 48.5 Å². The second-order valence-corrected chi connectivity index (χ2v) is 9.26. The molecule has 0 radical (unpaired) electrons. The molecule has 6 heteroatoms. The summed E-state index contributed by atoms with van der Waals surface area (Å²) in [5, 5.41) is 7.83. The number of likely N-dealkylation sites (tertiary alicyclic amines) is 1. The lowest BCUT2D eigenvalue weighted by molar-refractivity contribution is 0.0373. The summed E-state index contributed by atoms with van der Waals surface area (Å²) in [6.07, 6.45) is 6.72. The summed E-state index contributed by atoms with van der Waals surface area (Å²) in [5.41, 5.74) is 3.64. The maximum absolute atomic E-state index is 6.37. The van der Waals surface area contributed by atoms with E-state index in [0.29, 0.717) is 12.0 Å². The van der Waals surface area contributed by atoms with Crippen LogP contribution in [-0.4, -0.2) is 60.3 Å². The number of aryl methyl sites for hydroxylation is 1. The van der Waals surface area contributed by atoms with Gasteiger partial charge in [0.1, 0.15) is 17.7 Å². The smallest absolute Gasteiger partial charge is 0.124 e. The quantitative estimate of drug-likeness (QED) is 0.788. The molecule has 1 aromatic heterocycles.